The Bertz CT molecular complexity index is 798. The van der Waals surface area contributed by atoms with Crippen LogP contribution in [-0.2, 0) is 6.54 Å². The standard InChI is InChI=1S/C21H23F3N2O2/c1-16-5-7-17(8-6-16)14-25-9-11-26(12-10-25)20(27)18-3-2-4-19(13-18)28-15-21(22,23)24/h2-8,13H,9-12,14-15H2,1H3. The Morgan fingerprint density at radius 3 is 2.36 bits per heavy atom. The van der Waals surface area contributed by atoms with Gasteiger partial charge in [-0.05, 0) is 30.7 Å². The molecule has 2 aromatic rings. The minimum absolute atomic E-state index is 0.0428. The normalized spacial score (nSPS) is 15.5. The number of carbonyl (C=O) groups excluding carboxylic acids is 1. The minimum atomic E-state index is -4.41. The van der Waals surface area contributed by atoms with Crippen molar-refractivity contribution in [2.24, 2.45) is 0 Å². The Labute approximate surface area is 162 Å². The van der Waals surface area contributed by atoms with Crippen molar-refractivity contribution < 1.29 is 22.7 Å². The molecule has 28 heavy (non-hydrogen) atoms. The van der Waals surface area contributed by atoms with Crippen LogP contribution in [0.5, 0.6) is 5.75 Å². The summed E-state index contributed by atoms with van der Waals surface area (Å²) in [5.74, 6) is -0.145. The number of aryl methyl sites for hydroxylation is 1. The van der Waals surface area contributed by atoms with Crippen LogP contribution in [0.3, 0.4) is 0 Å². The molecule has 2 aromatic carbocycles. The Balaban J connectivity index is 1.54. The van der Waals surface area contributed by atoms with Crippen LogP contribution in [0.1, 0.15) is 21.5 Å². The maximum absolute atomic E-state index is 12.7. The molecule has 0 saturated carbocycles. The molecule has 150 valence electrons. The van der Waals surface area contributed by atoms with E-state index < -0.39 is 12.8 Å². The first kappa shape index (κ1) is 20.2. The fourth-order valence-electron chi connectivity index (χ4n) is 3.13. The van der Waals surface area contributed by atoms with E-state index in [1.165, 1.54) is 29.3 Å². The van der Waals surface area contributed by atoms with E-state index in [0.29, 0.717) is 18.7 Å². The quantitative estimate of drug-likeness (QED) is 0.774. The molecule has 0 aliphatic carbocycles. The number of benzene rings is 2. The van der Waals surface area contributed by atoms with Gasteiger partial charge in [0.2, 0.25) is 0 Å². The van der Waals surface area contributed by atoms with Crippen LogP contribution >= 0.6 is 0 Å². The summed E-state index contributed by atoms with van der Waals surface area (Å²) in [4.78, 5) is 16.7. The van der Waals surface area contributed by atoms with E-state index in [2.05, 4.69) is 36.1 Å². The number of hydrogen-bond acceptors (Lipinski definition) is 3. The summed E-state index contributed by atoms with van der Waals surface area (Å²) in [7, 11) is 0. The lowest BCUT2D eigenvalue weighted by molar-refractivity contribution is -0.153. The first-order valence-corrected chi connectivity index (χ1v) is 9.17. The molecule has 0 spiro atoms. The third-order valence-electron chi connectivity index (χ3n) is 4.67. The molecule has 1 heterocycles. The molecular formula is C21H23F3N2O2. The summed E-state index contributed by atoms with van der Waals surface area (Å²) in [5, 5.41) is 0. The zero-order chi connectivity index (χ0) is 20.1. The highest BCUT2D eigenvalue weighted by Gasteiger charge is 2.28. The molecule has 4 nitrogen and oxygen atoms in total. The Hall–Kier alpha value is -2.54. The molecule has 1 amide bonds. The lowest BCUT2D eigenvalue weighted by Gasteiger charge is -2.34. The lowest BCUT2D eigenvalue weighted by Crippen LogP contribution is -2.48. The SMILES string of the molecule is Cc1ccc(CN2CCN(C(=O)c3cccc(OCC(F)(F)F)c3)CC2)cc1. The topological polar surface area (TPSA) is 32.8 Å². The average Bonchev–Trinajstić information content (AvgIpc) is 2.68. The number of nitrogens with zero attached hydrogens (tertiary/aromatic N) is 2. The predicted molar refractivity (Wildman–Crippen MR) is 100 cm³/mol. The monoisotopic (exact) mass is 392 g/mol. The largest absolute Gasteiger partial charge is 0.484 e. The van der Waals surface area contributed by atoms with E-state index in [-0.39, 0.29) is 11.7 Å². The van der Waals surface area contributed by atoms with Gasteiger partial charge in [0.05, 0.1) is 0 Å². The molecule has 3 rings (SSSR count). The van der Waals surface area contributed by atoms with E-state index in [1.54, 1.807) is 11.0 Å². The Morgan fingerprint density at radius 2 is 1.71 bits per heavy atom. The lowest BCUT2D eigenvalue weighted by atomic mass is 10.1. The van der Waals surface area contributed by atoms with Crippen LogP contribution in [0.25, 0.3) is 0 Å². The molecule has 1 aliphatic rings. The van der Waals surface area contributed by atoms with Gasteiger partial charge in [0, 0.05) is 38.3 Å². The van der Waals surface area contributed by atoms with Gasteiger partial charge in [-0.3, -0.25) is 9.69 Å². The smallest absolute Gasteiger partial charge is 0.422 e. The van der Waals surface area contributed by atoms with Crippen molar-refractivity contribution in [2.45, 2.75) is 19.6 Å². The second kappa shape index (κ2) is 8.65. The van der Waals surface area contributed by atoms with Crippen molar-refractivity contribution in [1.29, 1.82) is 0 Å². The van der Waals surface area contributed by atoms with Gasteiger partial charge >= 0.3 is 6.18 Å². The maximum Gasteiger partial charge on any atom is 0.422 e. The molecule has 1 saturated heterocycles. The van der Waals surface area contributed by atoms with Crippen LogP contribution < -0.4 is 4.74 Å². The molecule has 0 radical (unpaired) electrons. The summed E-state index contributed by atoms with van der Waals surface area (Å²) < 4.78 is 41.6. The molecule has 0 unspecified atom stereocenters. The van der Waals surface area contributed by atoms with E-state index in [4.69, 9.17) is 4.74 Å². The van der Waals surface area contributed by atoms with Crippen LogP contribution in [0.15, 0.2) is 48.5 Å². The van der Waals surface area contributed by atoms with Crippen LogP contribution in [0.2, 0.25) is 0 Å². The zero-order valence-electron chi connectivity index (χ0n) is 15.7. The van der Waals surface area contributed by atoms with Gasteiger partial charge in [0.15, 0.2) is 6.61 Å². The number of halogens is 3. The first-order valence-electron chi connectivity index (χ1n) is 9.17. The molecule has 1 fully saturated rings. The number of carbonyl (C=O) groups is 1. The third-order valence-corrected chi connectivity index (χ3v) is 4.67. The maximum atomic E-state index is 12.7. The second-order valence-electron chi connectivity index (χ2n) is 6.99. The highest BCUT2D eigenvalue weighted by Crippen LogP contribution is 2.20. The summed E-state index contributed by atoms with van der Waals surface area (Å²) in [5.41, 5.74) is 2.80. The predicted octanol–water partition coefficient (Wildman–Crippen LogP) is 3.89. The van der Waals surface area contributed by atoms with Gasteiger partial charge in [-0.2, -0.15) is 13.2 Å². The summed E-state index contributed by atoms with van der Waals surface area (Å²) in [6.45, 7) is 4.19. The van der Waals surface area contributed by atoms with Crippen molar-refractivity contribution in [3.8, 4) is 5.75 Å². The Morgan fingerprint density at radius 1 is 1.04 bits per heavy atom. The van der Waals surface area contributed by atoms with Crippen molar-refractivity contribution >= 4 is 5.91 Å². The van der Waals surface area contributed by atoms with Crippen molar-refractivity contribution in [3.63, 3.8) is 0 Å². The van der Waals surface area contributed by atoms with E-state index in [1.807, 2.05) is 0 Å². The fourth-order valence-corrected chi connectivity index (χ4v) is 3.13. The van der Waals surface area contributed by atoms with Crippen molar-refractivity contribution in [1.82, 2.24) is 9.80 Å². The average molecular weight is 392 g/mol. The van der Waals surface area contributed by atoms with E-state index >= 15 is 0 Å². The van der Waals surface area contributed by atoms with Gasteiger partial charge in [-0.1, -0.05) is 35.9 Å². The third kappa shape index (κ3) is 5.73. The van der Waals surface area contributed by atoms with E-state index in [0.717, 1.165) is 19.6 Å². The van der Waals surface area contributed by atoms with Crippen LogP contribution in [-0.4, -0.2) is 54.7 Å². The van der Waals surface area contributed by atoms with Gasteiger partial charge < -0.3 is 9.64 Å². The number of piperazine rings is 1. The first-order chi connectivity index (χ1) is 13.3. The number of hydrogen-bond donors (Lipinski definition) is 0. The summed E-state index contributed by atoms with van der Waals surface area (Å²) >= 11 is 0. The van der Waals surface area contributed by atoms with Crippen LogP contribution in [0, 0.1) is 6.92 Å². The number of ether oxygens (including phenoxy) is 1. The van der Waals surface area contributed by atoms with Crippen molar-refractivity contribution in [2.75, 3.05) is 32.8 Å². The second-order valence-corrected chi connectivity index (χ2v) is 6.99. The minimum Gasteiger partial charge on any atom is -0.484 e. The number of amides is 1. The van der Waals surface area contributed by atoms with E-state index in [9.17, 15) is 18.0 Å². The van der Waals surface area contributed by atoms with Crippen LogP contribution in [0.4, 0.5) is 13.2 Å². The molecule has 0 aromatic heterocycles. The number of rotatable bonds is 5. The highest BCUT2D eigenvalue weighted by molar-refractivity contribution is 5.94. The molecule has 1 aliphatic heterocycles. The van der Waals surface area contributed by atoms with Gasteiger partial charge in [0.25, 0.3) is 5.91 Å². The molecule has 0 atom stereocenters. The Kier molecular flexibility index (Phi) is 6.24. The zero-order valence-corrected chi connectivity index (χ0v) is 15.7. The van der Waals surface area contributed by atoms with Crippen molar-refractivity contribution in [3.05, 3.63) is 65.2 Å². The van der Waals surface area contributed by atoms with Gasteiger partial charge in [0.1, 0.15) is 5.75 Å². The molecule has 7 heteroatoms. The van der Waals surface area contributed by atoms with Gasteiger partial charge in [-0.25, -0.2) is 0 Å². The molecular weight excluding hydrogens is 369 g/mol. The summed E-state index contributed by atoms with van der Waals surface area (Å²) in [6, 6.07) is 14.3. The highest BCUT2D eigenvalue weighted by atomic mass is 19.4. The molecule has 0 N–H and O–H groups in total. The fraction of sp³-hybridized carbons (Fsp3) is 0.381. The number of alkyl halides is 3. The summed E-state index contributed by atoms with van der Waals surface area (Å²) in [6.07, 6.45) is -4.41. The molecule has 0 bridgehead atoms. The van der Waals surface area contributed by atoms with Gasteiger partial charge in [-0.15, -0.1) is 0 Å².